The fourth-order valence-electron chi connectivity index (χ4n) is 2.54. The summed E-state index contributed by atoms with van der Waals surface area (Å²) in [5, 5.41) is 20.3. The first-order chi connectivity index (χ1) is 13.8. The highest BCUT2D eigenvalue weighted by Crippen LogP contribution is 2.80. The molecule has 0 amide bonds. The summed E-state index contributed by atoms with van der Waals surface area (Å²) in [6.07, 6.45) is -5.42. The Morgan fingerprint density at radius 3 is 2.33 bits per heavy atom. The first kappa shape index (κ1) is 23.5. The lowest BCUT2D eigenvalue weighted by Crippen LogP contribution is -2.36. The Balaban J connectivity index is 1.77. The van der Waals surface area contributed by atoms with Crippen molar-refractivity contribution in [3.8, 4) is 5.75 Å². The number of nitrogen functional groups attached to an aromatic ring is 1. The molecule has 0 bridgehead atoms. The summed E-state index contributed by atoms with van der Waals surface area (Å²) in [4.78, 5) is 33.9. The molecule has 0 radical (unpaired) electrons. The van der Waals surface area contributed by atoms with E-state index in [1.807, 2.05) is 0 Å². The minimum atomic E-state index is -5.26. The molecule has 6 N–H and O–H groups in total. The zero-order valence-electron chi connectivity index (χ0n) is 14.8. The van der Waals surface area contributed by atoms with E-state index in [0.717, 1.165) is 10.8 Å². The number of rotatable bonds is 5. The number of hydrogen-bond donors (Lipinski definition) is 5. The van der Waals surface area contributed by atoms with E-state index < -0.39 is 60.3 Å². The van der Waals surface area contributed by atoms with Crippen molar-refractivity contribution in [1.82, 2.24) is 9.55 Å². The molecule has 0 spiro atoms. The molecule has 0 aliphatic carbocycles. The SMILES string of the molecule is COc1cn([C@@H]2O[C@H](COP3(=O)OP(=O)(O)OP(=O)(O)O3)C(O)[C@@H]2O)c(=O)nc1N. The van der Waals surface area contributed by atoms with Crippen molar-refractivity contribution in [3.63, 3.8) is 0 Å². The van der Waals surface area contributed by atoms with Crippen molar-refractivity contribution < 1.29 is 60.6 Å². The third-order valence-electron chi connectivity index (χ3n) is 3.79. The largest absolute Gasteiger partial charge is 0.492 e. The Labute approximate surface area is 166 Å². The quantitative estimate of drug-likeness (QED) is 0.302. The Bertz CT molecular complexity index is 1000. The smallest absolute Gasteiger partial charge is 0.491 e. The van der Waals surface area contributed by atoms with Crippen molar-refractivity contribution in [2.45, 2.75) is 24.5 Å². The van der Waals surface area contributed by atoms with Gasteiger partial charge in [-0.25, -0.2) is 18.5 Å². The van der Waals surface area contributed by atoms with Gasteiger partial charge in [-0.2, -0.15) is 17.9 Å². The van der Waals surface area contributed by atoms with Crippen LogP contribution in [0.5, 0.6) is 5.75 Å². The first-order valence-electron chi connectivity index (χ1n) is 7.74. The van der Waals surface area contributed by atoms with Gasteiger partial charge in [-0.1, -0.05) is 0 Å². The fourth-order valence-corrected chi connectivity index (χ4v) is 7.47. The molecule has 20 heteroatoms. The summed E-state index contributed by atoms with van der Waals surface area (Å²) in [6.45, 7) is -0.930. The maximum absolute atomic E-state index is 12.2. The predicted molar refractivity (Wildman–Crippen MR) is 91.8 cm³/mol. The van der Waals surface area contributed by atoms with E-state index in [1.54, 1.807) is 0 Å². The standard InChI is InChI=1S/C10H16N3O14P3/c1-22-4-2-13(10(16)12-8(4)11)9-7(15)6(14)5(24-9)3-23-30(21)26-28(17,18)25-29(19,20)27-30/h2,5-7,9,14-15H,3H2,1H3,(H,17,18)(H,19,20)(H2,11,12,16)/t5-,6?,7+,9-/m1/s1. The molecule has 30 heavy (non-hydrogen) atoms. The van der Waals surface area contributed by atoms with Gasteiger partial charge in [0, 0.05) is 0 Å². The number of nitrogens with zero attached hydrogens (tertiary/aromatic N) is 2. The Morgan fingerprint density at radius 1 is 1.17 bits per heavy atom. The number of ether oxygens (including phenoxy) is 2. The fraction of sp³-hybridized carbons (Fsp3) is 0.600. The van der Waals surface area contributed by atoms with Crippen LogP contribution in [0.15, 0.2) is 11.0 Å². The molecule has 17 nitrogen and oxygen atoms in total. The van der Waals surface area contributed by atoms with Gasteiger partial charge in [0.05, 0.1) is 19.9 Å². The highest BCUT2D eigenvalue weighted by Gasteiger charge is 2.55. The normalized spacial score (nSPS) is 41.6. The van der Waals surface area contributed by atoms with Crippen molar-refractivity contribution in [3.05, 3.63) is 16.7 Å². The molecule has 1 aromatic heterocycles. The molecule has 3 heterocycles. The number of nitrogens with two attached hydrogens (primary N) is 1. The lowest BCUT2D eigenvalue weighted by Gasteiger charge is -2.27. The van der Waals surface area contributed by atoms with Gasteiger partial charge in [-0.15, -0.1) is 0 Å². The van der Waals surface area contributed by atoms with E-state index in [0.29, 0.717) is 0 Å². The zero-order chi connectivity index (χ0) is 22.5. The van der Waals surface area contributed by atoms with Crippen LogP contribution in [0.4, 0.5) is 5.82 Å². The third-order valence-corrected chi connectivity index (χ3v) is 9.15. The molecule has 6 atom stereocenters. The molecule has 3 unspecified atom stereocenters. The Morgan fingerprint density at radius 2 is 1.77 bits per heavy atom. The van der Waals surface area contributed by atoms with Crippen LogP contribution in [0.3, 0.4) is 0 Å². The van der Waals surface area contributed by atoms with Gasteiger partial charge in [-0.3, -0.25) is 9.09 Å². The second-order valence-electron chi connectivity index (χ2n) is 5.86. The summed E-state index contributed by atoms with van der Waals surface area (Å²) in [5.41, 5.74) is 4.54. The summed E-state index contributed by atoms with van der Waals surface area (Å²) in [5.74, 6) is -0.272. The Hall–Kier alpha value is -1.19. The van der Waals surface area contributed by atoms with Gasteiger partial charge in [0.25, 0.3) is 0 Å². The van der Waals surface area contributed by atoms with Crippen LogP contribution in [0.2, 0.25) is 0 Å². The topological polar surface area (TPSA) is 248 Å². The molecule has 2 fully saturated rings. The summed E-state index contributed by atoms with van der Waals surface area (Å²) >= 11 is 0. The summed E-state index contributed by atoms with van der Waals surface area (Å²) in [6, 6.07) is 0. The van der Waals surface area contributed by atoms with Gasteiger partial charge in [0.1, 0.15) is 18.3 Å². The van der Waals surface area contributed by atoms with Gasteiger partial charge in [0.15, 0.2) is 17.8 Å². The van der Waals surface area contributed by atoms with Crippen LogP contribution < -0.4 is 16.2 Å². The minimum Gasteiger partial charge on any atom is -0.491 e. The molecule has 0 saturated carbocycles. The van der Waals surface area contributed by atoms with E-state index >= 15 is 0 Å². The van der Waals surface area contributed by atoms with Gasteiger partial charge in [-0.05, 0) is 0 Å². The second-order valence-corrected chi connectivity index (χ2v) is 10.8. The van der Waals surface area contributed by atoms with Gasteiger partial charge >= 0.3 is 29.2 Å². The maximum atomic E-state index is 12.2. The highest BCUT2D eigenvalue weighted by molar-refractivity contribution is 7.74. The summed E-state index contributed by atoms with van der Waals surface area (Å²) in [7, 11) is -14.4. The van der Waals surface area contributed by atoms with Crippen LogP contribution >= 0.6 is 23.5 Å². The van der Waals surface area contributed by atoms with Crippen LogP contribution in [-0.2, 0) is 35.9 Å². The highest BCUT2D eigenvalue weighted by atomic mass is 31.3. The summed E-state index contributed by atoms with van der Waals surface area (Å²) < 4.78 is 62.5. The lowest BCUT2D eigenvalue weighted by molar-refractivity contribution is -0.0546. The molecule has 3 rings (SSSR count). The average Bonchev–Trinajstić information content (AvgIpc) is 2.85. The van der Waals surface area contributed by atoms with Crippen molar-refractivity contribution in [2.24, 2.45) is 0 Å². The van der Waals surface area contributed by atoms with Crippen molar-refractivity contribution in [2.75, 3.05) is 19.5 Å². The monoisotopic (exact) mass is 495 g/mol. The first-order valence-corrected chi connectivity index (χ1v) is 12.2. The van der Waals surface area contributed by atoms with Crippen molar-refractivity contribution in [1.29, 1.82) is 0 Å². The Kier molecular flexibility index (Phi) is 6.30. The van der Waals surface area contributed by atoms with Crippen LogP contribution in [0.25, 0.3) is 0 Å². The maximum Gasteiger partial charge on any atom is 0.492 e. The molecule has 2 saturated heterocycles. The lowest BCUT2D eigenvalue weighted by atomic mass is 10.1. The zero-order valence-corrected chi connectivity index (χ0v) is 17.5. The average molecular weight is 495 g/mol. The number of phosphoric acid groups is 3. The van der Waals surface area contributed by atoms with E-state index in [9.17, 15) is 38.5 Å². The van der Waals surface area contributed by atoms with Gasteiger partial charge < -0.3 is 35.2 Å². The third kappa shape index (κ3) is 4.83. The molecule has 2 aliphatic heterocycles. The van der Waals surface area contributed by atoms with Crippen LogP contribution in [0, 0.1) is 0 Å². The molecule has 0 aromatic carbocycles. The van der Waals surface area contributed by atoms with E-state index in [2.05, 4.69) is 22.4 Å². The molecule has 1 aromatic rings. The number of aliphatic hydroxyl groups excluding tert-OH is 2. The van der Waals surface area contributed by atoms with E-state index in [1.165, 1.54) is 7.11 Å². The van der Waals surface area contributed by atoms with E-state index in [4.69, 9.17) is 15.2 Å². The minimum absolute atomic E-state index is 0.0366. The van der Waals surface area contributed by atoms with Crippen molar-refractivity contribution >= 4 is 29.3 Å². The number of hydrogen-bond acceptors (Lipinski definition) is 14. The molecular formula is C10H16N3O14P3. The van der Waals surface area contributed by atoms with Crippen LogP contribution in [-0.4, -0.2) is 61.6 Å². The number of aromatic nitrogens is 2. The number of aliphatic hydroxyl groups is 2. The second kappa shape index (κ2) is 8.06. The molecular weight excluding hydrogens is 479 g/mol. The number of methoxy groups -OCH3 is 1. The number of anilines is 1. The van der Waals surface area contributed by atoms with Crippen LogP contribution in [0.1, 0.15) is 6.23 Å². The van der Waals surface area contributed by atoms with E-state index in [-0.39, 0.29) is 11.6 Å². The van der Waals surface area contributed by atoms with Gasteiger partial charge in [0.2, 0.25) is 0 Å². The predicted octanol–water partition coefficient (Wildman–Crippen LogP) is -1.16. The molecule has 170 valence electrons. The molecule has 2 aliphatic rings.